The number of amides is 2. The third-order valence-corrected chi connectivity index (χ3v) is 13.2. The van der Waals surface area contributed by atoms with E-state index in [1.165, 1.54) is 18.4 Å². The summed E-state index contributed by atoms with van der Waals surface area (Å²) in [6.07, 6.45) is 16.9. The van der Waals surface area contributed by atoms with Crippen LogP contribution in [0.3, 0.4) is 0 Å². The Kier molecular flexibility index (Phi) is 12.5. The lowest BCUT2D eigenvalue weighted by atomic mass is 9.42. The Morgan fingerprint density at radius 1 is 0.833 bits per heavy atom. The SMILES string of the molecule is C[C@]12C[C@H](CCCc3cc(OCCCCCC(N)=O)cc(OCCCCCC(N)=O)c3)[C@H]3[C@@H](CCC4CC(=O)CC[C@@]43C)[C@@H]1CC[C@@H]2O. The first kappa shape index (κ1) is 36.7. The van der Waals surface area contributed by atoms with Crippen LogP contribution in [-0.2, 0) is 20.8 Å². The number of ketones is 1. The highest BCUT2D eigenvalue weighted by molar-refractivity contribution is 5.79. The van der Waals surface area contributed by atoms with E-state index in [1.54, 1.807) is 0 Å². The number of hydrogen-bond donors (Lipinski definition) is 3. The summed E-state index contributed by atoms with van der Waals surface area (Å²) in [6.45, 7) is 6.05. The highest BCUT2D eigenvalue weighted by Gasteiger charge is 2.62. The third kappa shape index (κ3) is 8.75. The molecule has 0 saturated heterocycles. The van der Waals surface area contributed by atoms with Crippen molar-refractivity contribution in [2.45, 2.75) is 142 Å². The van der Waals surface area contributed by atoms with Crippen LogP contribution in [0.2, 0.25) is 0 Å². The number of hydrogen-bond acceptors (Lipinski definition) is 6. The van der Waals surface area contributed by atoms with Gasteiger partial charge in [-0.1, -0.05) is 13.8 Å². The fraction of sp³-hybridized carbons (Fsp3) is 0.775. The Hall–Kier alpha value is -2.61. The molecule has 0 aliphatic heterocycles. The lowest BCUT2D eigenvalue weighted by Crippen LogP contribution is -2.57. The Labute approximate surface area is 288 Å². The van der Waals surface area contributed by atoms with Gasteiger partial charge in [0.1, 0.15) is 17.3 Å². The number of aryl methyl sites for hydroxylation is 1. The van der Waals surface area contributed by atoms with Crippen molar-refractivity contribution in [3.63, 3.8) is 0 Å². The predicted octanol–water partition coefficient (Wildman–Crippen LogP) is 7.06. The smallest absolute Gasteiger partial charge is 0.217 e. The van der Waals surface area contributed by atoms with Crippen LogP contribution in [0.25, 0.3) is 0 Å². The van der Waals surface area contributed by atoms with E-state index in [0.29, 0.717) is 61.4 Å². The summed E-state index contributed by atoms with van der Waals surface area (Å²) in [7, 11) is 0. The summed E-state index contributed by atoms with van der Waals surface area (Å²) in [5.74, 6) is 4.51. The van der Waals surface area contributed by atoms with Gasteiger partial charge in [0.05, 0.1) is 19.3 Å². The number of aliphatic hydroxyl groups is 1. The topological polar surface area (TPSA) is 142 Å². The van der Waals surface area contributed by atoms with Crippen molar-refractivity contribution in [1.29, 1.82) is 0 Å². The molecule has 4 aliphatic rings. The van der Waals surface area contributed by atoms with Gasteiger partial charge >= 0.3 is 0 Å². The predicted molar refractivity (Wildman–Crippen MR) is 187 cm³/mol. The molecule has 8 nitrogen and oxygen atoms in total. The maximum Gasteiger partial charge on any atom is 0.217 e. The fourth-order valence-electron chi connectivity index (χ4n) is 10.7. The summed E-state index contributed by atoms with van der Waals surface area (Å²) in [4.78, 5) is 34.7. The van der Waals surface area contributed by atoms with E-state index in [4.69, 9.17) is 20.9 Å². The number of benzene rings is 1. The molecule has 4 saturated carbocycles. The first-order valence-electron chi connectivity index (χ1n) is 19.2. The zero-order valence-electron chi connectivity index (χ0n) is 29.7. The lowest BCUT2D eigenvalue weighted by molar-refractivity contribution is -0.159. The monoisotopic (exact) mass is 666 g/mol. The Morgan fingerprint density at radius 2 is 1.48 bits per heavy atom. The molecule has 0 spiro atoms. The lowest BCUT2D eigenvalue weighted by Gasteiger charge is -2.62. The minimum atomic E-state index is -0.261. The highest BCUT2D eigenvalue weighted by atomic mass is 16.5. The molecule has 8 atom stereocenters. The summed E-state index contributed by atoms with van der Waals surface area (Å²) in [6, 6.07) is 6.27. The molecule has 5 rings (SSSR count). The zero-order chi connectivity index (χ0) is 34.3. The van der Waals surface area contributed by atoms with Crippen LogP contribution in [0.1, 0.15) is 135 Å². The highest BCUT2D eigenvalue weighted by Crippen LogP contribution is 2.68. The van der Waals surface area contributed by atoms with Crippen molar-refractivity contribution < 1.29 is 29.0 Å². The van der Waals surface area contributed by atoms with E-state index in [9.17, 15) is 19.5 Å². The molecule has 268 valence electrons. The molecule has 1 aromatic carbocycles. The van der Waals surface area contributed by atoms with E-state index in [-0.39, 0.29) is 28.7 Å². The molecular formula is C40H62N2O6. The fourth-order valence-corrected chi connectivity index (χ4v) is 10.7. The Morgan fingerprint density at radius 3 is 2.10 bits per heavy atom. The molecule has 1 unspecified atom stereocenters. The standard InChI is InChI=1S/C40H62N2O6/c1-39-19-18-30(43)24-29(39)14-15-33-34-16-17-35(44)40(34,2)26-28(38(33)39)11-9-10-27-22-31(47-20-7-3-5-12-36(41)45)25-32(23-27)48-21-8-4-6-13-37(42)46/h22-23,25,28-29,33-35,38,44H,3-21,24,26H2,1-2H3,(H2,41,45)(H2,42,46)/t28-,29?,33-,34-,35-,38-,39-,40-/m0/s1. The van der Waals surface area contributed by atoms with Crippen molar-refractivity contribution in [1.82, 2.24) is 0 Å². The van der Waals surface area contributed by atoms with E-state index in [1.807, 2.05) is 6.07 Å². The van der Waals surface area contributed by atoms with Gasteiger partial charge in [-0.15, -0.1) is 0 Å². The van der Waals surface area contributed by atoms with E-state index >= 15 is 0 Å². The molecule has 0 heterocycles. The van der Waals surface area contributed by atoms with E-state index < -0.39 is 0 Å². The Balaban J connectivity index is 1.25. The van der Waals surface area contributed by atoms with Crippen LogP contribution < -0.4 is 20.9 Å². The molecule has 2 amide bonds. The largest absolute Gasteiger partial charge is 0.493 e. The van der Waals surface area contributed by atoms with Crippen LogP contribution >= 0.6 is 0 Å². The number of carbonyl (C=O) groups is 3. The number of rotatable bonds is 18. The Bertz CT molecular complexity index is 1220. The third-order valence-electron chi connectivity index (χ3n) is 13.2. The van der Waals surface area contributed by atoms with Gasteiger partial charge in [-0.2, -0.15) is 0 Å². The number of primary amides is 2. The molecule has 4 fully saturated rings. The van der Waals surface area contributed by atoms with Crippen molar-refractivity contribution in [2.75, 3.05) is 13.2 Å². The quantitative estimate of drug-likeness (QED) is 0.143. The zero-order valence-corrected chi connectivity index (χ0v) is 29.7. The van der Waals surface area contributed by atoms with Crippen LogP contribution in [0, 0.1) is 40.4 Å². The van der Waals surface area contributed by atoms with Crippen LogP contribution in [0.15, 0.2) is 18.2 Å². The van der Waals surface area contributed by atoms with Gasteiger partial charge in [0.2, 0.25) is 11.8 Å². The number of carbonyl (C=O) groups excluding carboxylic acids is 3. The van der Waals surface area contributed by atoms with Gasteiger partial charge in [0.15, 0.2) is 0 Å². The van der Waals surface area contributed by atoms with Crippen LogP contribution in [0.4, 0.5) is 0 Å². The minimum absolute atomic E-state index is 0.00314. The molecule has 1 aromatic rings. The van der Waals surface area contributed by atoms with Crippen molar-refractivity contribution in [3.8, 4) is 11.5 Å². The second-order valence-corrected chi connectivity index (χ2v) is 16.3. The molecular weight excluding hydrogens is 604 g/mol. The first-order chi connectivity index (χ1) is 23.0. The van der Waals surface area contributed by atoms with Crippen LogP contribution in [0.5, 0.6) is 11.5 Å². The molecule has 0 radical (unpaired) electrons. The van der Waals surface area contributed by atoms with Gasteiger partial charge in [-0.25, -0.2) is 0 Å². The summed E-state index contributed by atoms with van der Waals surface area (Å²) in [5, 5.41) is 11.3. The maximum atomic E-state index is 12.5. The van der Waals surface area contributed by atoms with Gasteiger partial charge in [0.25, 0.3) is 0 Å². The number of unbranched alkanes of at least 4 members (excludes halogenated alkanes) is 4. The average Bonchev–Trinajstić information content (AvgIpc) is 3.33. The normalized spacial score (nSPS) is 32.6. The number of fused-ring (bicyclic) bond motifs is 5. The number of nitrogens with two attached hydrogens (primary N) is 2. The van der Waals surface area contributed by atoms with Crippen molar-refractivity contribution >= 4 is 17.6 Å². The summed E-state index contributed by atoms with van der Waals surface area (Å²) in [5.41, 5.74) is 12.0. The number of ether oxygens (including phenoxy) is 2. The molecule has 0 aromatic heterocycles. The van der Waals surface area contributed by atoms with Crippen molar-refractivity contribution in [2.24, 2.45) is 51.9 Å². The summed E-state index contributed by atoms with van der Waals surface area (Å²) >= 11 is 0. The van der Waals surface area contributed by atoms with Crippen molar-refractivity contribution in [3.05, 3.63) is 23.8 Å². The average molecular weight is 667 g/mol. The number of Topliss-reactive ketones (excluding diaryl/α,β-unsaturated/α-hetero) is 1. The molecule has 5 N–H and O–H groups in total. The van der Waals surface area contributed by atoms with E-state index in [0.717, 1.165) is 108 Å². The van der Waals surface area contributed by atoms with Gasteiger partial charge in [-0.3, -0.25) is 14.4 Å². The summed E-state index contributed by atoms with van der Waals surface area (Å²) < 4.78 is 12.4. The second kappa shape index (κ2) is 16.4. The first-order valence-corrected chi connectivity index (χ1v) is 19.2. The second-order valence-electron chi connectivity index (χ2n) is 16.3. The minimum Gasteiger partial charge on any atom is -0.493 e. The van der Waals surface area contributed by atoms with Gasteiger partial charge in [-0.05, 0) is 154 Å². The van der Waals surface area contributed by atoms with Crippen LogP contribution in [-0.4, -0.2) is 42.0 Å². The van der Waals surface area contributed by atoms with E-state index in [2.05, 4.69) is 26.0 Å². The molecule has 48 heavy (non-hydrogen) atoms. The van der Waals surface area contributed by atoms with Gasteiger partial charge in [0, 0.05) is 31.7 Å². The molecule has 8 heteroatoms. The van der Waals surface area contributed by atoms with Gasteiger partial charge < -0.3 is 26.0 Å². The maximum absolute atomic E-state index is 12.5. The molecule has 0 bridgehead atoms. The molecule has 4 aliphatic carbocycles. The number of aliphatic hydroxyl groups excluding tert-OH is 1.